The molecule has 1 fully saturated rings. The van der Waals surface area contributed by atoms with Crippen LogP contribution in [-0.2, 0) is 4.74 Å². The lowest BCUT2D eigenvalue weighted by atomic mass is 10.00. The van der Waals surface area contributed by atoms with E-state index in [4.69, 9.17) is 14.9 Å². The lowest BCUT2D eigenvalue weighted by molar-refractivity contribution is 0.0962. The van der Waals surface area contributed by atoms with Crippen LogP contribution in [0.25, 0.3) is 0 Å². The standard InChI is InChI=1S/C10H17N3O2/c1-3-8-7(4-5-14-8)10-13-12-9(15-10)6(2)11/h6-8H,3-5,11H2,1-2H3. The molecule has 0 bridgehead atoms. The minimum atomic E-state index is -0.200. The summed E-state index contributed by atoms with van der Waals surface area (Å²) < 4.78 is 11.1. The number of nitrogens with two attached hydrogens (primary N) is 1. The van der Waals surface area contributed by atoms with Crippen LogP contribution in [0.2, 0.25) is 0 Å². The van der Waals surface area contributed by atoms with E-state index in [2.05, 4.69) is 17.1 Å². The van der Waals surface area contributed by atoms with Crippen molar-refractivity contribution < 1.29 is 9.15 Å². The molecule has 1 aromatic rings. The first kappa shape index (κ1) is 10.6. The molecule has 15 heavy (non-hydrogen) atoms. The third-order valence-corrected chi connectivity index (χ3v) is 2.77. The molecular formula is C10H17N3O2. The van der Waals surface area contributed by atoms with Gasteiger partial charge in [-0.3, -0.25) is 0 Å². The van der Waals surface area contributed by atoms with Gasteiger partial charge in [0.1, 0.15) is 0 Å². The van der Waals surface area contributed by atoms with Gasteiger partial charge in [0, 0.05) is 6.61 Å². The highest BCUT2D eigenvalue weighted by Crippen LogP contribution is 2.32. The fourth-order valence-corrected chi connectivity index (χ4v) is 1.91. The summed E-state index contributed by atoms with van der Waals surface area (Å²) in [5, 5.41) is 7.97. The lowest BCUT2D eigenvalue weighted by Gasteiger charge is -2.12. The van der Waals surface area contributed by atoms with E-state index in [1.165, 1.54) is 0 Å². The molecule has 0 aliphatic carbocycles. The molecule has 1 aromatic heterocycles. The summed E-state index contributed by atoms with van der Waals surface area (Å²) >= 11 is 0. The van der Waals surface area contributed by atoms with E-state index in [0.717, 1.165) is 19.4 Å². The molecule has 1 saturated heterocycles. The van der Waals surface area contributed by atoms with E-state index in [1.54, 1.807) is 0 Å². The van der Waals surface area contributed by atoms with Crippen molar-refractivity contribution in [1.82, 2.24) is 10.2 Å². The molecule has 2 N–H and O–H groups in total. The van der Waals surface area contributed by atoms with Crippen LogP contribution in [0.1, 0.15) is 50.4 Å². The first-order valence-corrected chi connectivity index (χ1v) is 5.42. The Balaban J connectivity index is 2.14. The highest BCUT2D eigenvalue weighted by molar-refractivity contribution is 4.99. The van der Waals surface area contributed by atoms with Crippen LogP contribution in [0.15, 0.2) is 4.42 Å². The predicted molar refractivity (Wildman–Crippen MR) is 54.3 cm³/mol. The normalized spacial score (nSPS) is 28.2. The van der Waals surface area contributed by atoms with Gasteiger partial charge in [-0.1, -0.05) is 6.92 Å². The fourth-order valence-electron chi connectivity index (χ4n) is 1.91. The second kappa shape index (κ2) is 4.28. The molecule has 2 heterocycles. The molecule has 84 valence electrons. The molecule has 0 amide bonds. The Kier molecular flexibility index (Phi) is 3.02. The summed E-state index contributed by atoms with van der Waals surface area (Å²) in [5.41, 5.74) is 5.67. The van der Waals surface area contributed by atoms with Gasteiger partial charge in [-0.15, -0.1) is 10.2 Å². The Morgan fingerprint density at radius 3 is 2.93 bits per heavy atom. The zero-order valence-electron chi connectivity index (χ0n) is 9.14. The van der Waals surface area contributed by atoms with Crippen molar-refractivity contribution in [3.63, 3.8) is 0 Å². The molecule has 1 aliphatic rings. The van der Waals surface area contributed by atoms with Crippen LogP contribution in [-0.4, -0.2) is 22.9 Å². The number of hydrogen-bond donors (Lipinski definition) is 1. The molecule has 1 aliphatic heterocycles. The summed E-state index contributed by atoms with van der Waals surface area (Å²) in [6.45, 7) is 4.71. The zero-order chi connectivity index (χ0) is 10.8. The highest BCUT2D eigenvalue weighted by atomic mass is 16.5. The summed E-state index contributed by atoms with van der Waals surface area (Å²) in [6.07, 6.45) is 2.14. The molecular weight excluding hydrogens is 194 g/mol. The molecule has 0 radical (unpaired) electrons. The average molecular weight is 211 g/mol. The SMILES string of the molecule is CCC1OCCC1c1nnc(C(C)N)o1. The van der Waals surface area contributed by atoms with Crippen molar-refractivity contribution in [2.24, 2.45) is 5.73 Å². The van der Waals surface area contributed by atoms with Gasteiger partial charge in [-0.25, -0.2) is 0 Å². The Hall–Kier alpha value is -0.940. The van der Waals surface area contributed by atoms with Crippen molar-refractivity contribution in [1.29, 1.82) is 0 Å². The molecule has 0 saturated carbocycles. The Bertz CT molecular complexity index is 324. The maximum atomic E-state index is 5.67. The Labute approximate surface area is 89.0 Å². The van der Waals surface area contributed by atoms with E-state index in [-0.39, 0.29) is 18.1 Å². The summed E-state index contributed by atoms with van der Waals surface area (Å²) in [6, 6.07) is -0.200. The van der Waals surface area contributed by atoms with E-state index in [1.807, 2.05) is 6.92 Å². The predicted octanol–water partition coefficient (Wildman–Crippen LogP) is 1.37. The maximum Gasteiger partial charge on any atom is 0.232 e. The van der Waals surface area contributed by atoms with Crippen LogP contribution in [0.4, 0.5) is 0 Å². The van der Waals surface area contributed by atoms with E-state index >= 15 is 0 Å². The molecule has 0 spiro atoms. The van der Waals surface area contributed by atoms with Gasteiger partial charge in [0.15, 0.2) is 0 Å². The second-order valence-electron chi connectivity index (χ2n) is 3.98. The van der Waals surface area contributed by atoms with Crippen molar-refractivity contribution in [3.8, 4) is 0 Å². The van der Waals surface area contributed by atoms with Crippen LogP contribution in [0, 0.1) is 0 Å². The van der Waals surface area contributed by atoms with Gasteiger partial charge >= 0.3 is 0 Å². The maximum absolute atomic E-state index is 5.67. The molecule has 5 nitrogen and oxygen atoms in total. The molecule has 3 unspecified atom stereocenters. The Morgan fingerprint density at radius 2 is 2.33 bits per heavy atom. The summed E-state index contributed by atoms with van der Waals surface area (Å²) in [5.74, 6) is 1.42. The summed E-state index contributed by atoms with van der Waals surface area (Å²) in [7, 11) is 0. The topological polar surface area (TPSA) is 74.2 Å². The van der Waals surface area contributed by atoms with Gasteiger partial charge in [0.2, 0.25) is 11.8 Å². The fraction of sp³-hybridized carbons (Fsp3) is 0.800. The first-order valence-electron chi connectivity index (χ1n) is 5.42. The number of rotatable bonds is 3. The monoisotopic (exact) mass is 211 g/mol. The van der Waals surface area contributed by atoms with Crippen LogP contribution < -0.4 is 5.73 Å². The minimum Gasteiger partial charge on any atom is -0.423 e. The van der Waals surface area contributed by atoms with Crippen molar-refractivity contribution in [2.45, 2.75) is 44.8 Å². The van der Waals surface area contributed by atoms with Crippen molar-refractivity contribution >= 4 is 0 Å². The smallest absolute Gasteiger partial charge is 0.232 e. The Morgan fingerprint density at radius 1 is 1.53 bits per heavy atom. The molecule has 0 aromatic carbocycles. The number of nitrogens with zero attached hydrogens (tertiary/aromatic N) is 2. The summed E-state index contributed by atoms with van der Waals surface area (Å²) in [4.78, 5) is 0. The van der Waals surface area contributed by atoms with Gasteiger partial charge < -0.3 is 14.9 Å². The molecule has 5 heteroatoms. The van der Waals surface area contributed by atoms with Crippen molar-refractivity contribution in [3.05, 3.63) is 11.8 Å². The molecule has 3 atom stereocenters. The lowest BCUT2D eigenvalue weighted by Crippen LogP contribution is -2.13. The number of hydrogen-bond acceptors (Lipinski definition) is 5. The highest BCUT2D eigenvalue weighted by Gasteiger charge is 2.32. The van der Waals surface area contributed by atoms with E-state index in [9.17, 15) is 0 Å². The minimum absolute atomic E-state index is 0.200. The van der Waals surface area contributed by atoms with Gasteiger partial charge in [-0.05, 0) is 19.8 Å². The zero-order valence-corrected chi connectivity index (χ0v) is 9.14. The largest absolute Gasteiger partial charge is 0.423 e. The van der Waals surface area contributed by atoms with Crippen LogP contribution in [0.5, 0.6) is 0 Å². The van der Waals surface area contributed by atoms with Gasteiger partial charge in [0.25, 0.3) is 0 Å². The average Bonchev–Trinajstić information content (AvgIpc) is 2.85. The van der Waals surface area contributed by atoms with Crippen molar-refractivity contribution in [2.75, 3.05) is 6.61 Å². The van der Waals surface area contributed by atoms with Crippen LogP contribution >= 0.6 is 0 Å². The third kappa shape index (κ3) is 2.03. The molecule has 2 rings (SSSR count). The quantitative estimate of drug-likeness (QED) is 0.817. The van der Waals surface area contributed by atoms with Gasteiger partial charge in [0.05, 0.1) is 18.1 Å². The second-order valence-corrected chi connectivity index (χ2v) is 3.98. The van der Waals surface area contributed by atoms with Gasteiger partial charge in [-0.2, -0.15) is 0 Å². The first-order chi connectivity index (χ1) is 7.22. The van der Waals surface area contributed by atoms with E-state index < -0.39 is 0 Å². The number of aromatic nitrogens is 2. The number of ether oxygens (including phenoxy) is 1. The van der Waals surface area contributed by atoms with Crippen LogP contribution in [0.3, 0.4) is 0 Å². The third-order valence-electron chi connectivity index (χ3n) is 2.77. The van der Waals surface area contributed by atoms with E-state index in [0.29, 0.717) is 11.8 Å².